The van der Waals surface area contributed by atoms with E-state index in [4.69, 9.17) is 44.3 Å². The number of aldehydes is 1. The van der Waals surface area contributed by atoms with Crippen LogP contribution >= 0.6 is 34.0 Å². The Labute approximate surface area is 666 Å². The molecule has 3 saturated heterocycles. The van der Waals surface area contributed by atoms with Gasteiger partial charge in [0, 0.05) is 67.5 Å². The third-order valence-electron chi connectivity index (χ3n) is 18.4. The van der Waals surface area contributed by atoms with Crippen molar-refractivity contribution < 1.29 is 83.5 Å². The average Bonchev–Trinajstić information content (AvgIpc) is 1.63. The zero-order valence-corrected chi connectivity index (χ0v) is 63.5. The van der Waals surface area contributed by atoms with E-state index >= 15 is 0 Å². The maximum atomic E-state index is 14.2. The number of carbonyl (C=O) groups is 4. The standard InChI is InChI=1S/C26H20F2N4O4S.C24H18F2N2O5S.C19H14F2N4O4S.C7H6O.C4H10N2O/c27-16-7-6-15(18(28)9-16)8-21-30-31-26(37-21)17-10-32-20-13-35-12-19(20)29-25(34)22(32)24(23(17)33)36-11-14-4-2-1-3-5-14;1-2-31-24(30)22-21(32-12-14-6-4-3-5-7-14)20(29)17(13-33-22)23-28-27-19(34-23)10-15-8-9-16(25)11-18(15)26;20-9-2-1-8(11(21)4-9)3-14-23-24-19(30-14)10-5-25-13-7-29-6-12(13)22-18(28)15(25)17(27)16(10)26;8-6-7-4-2-1-3-5-7;5-3-1-7-2-4(3)6/h1-7,9-10,19-20H,8,11-13H2,(H,29,34);3-9,11,13H,2,10,12H2,1H3;1-2,4-5,12-13,27H,3,6-7H2,(H,22,28);1-6H;3-4H,1-2,5-6H2/t19-,20?;;12-,13?;;3-,4+/m0.0../s1. The summed E-state index contributed by atoms with van der Waals surface area (Å²) in [4.78, 5) is 87.3. The van der Waals surface area contributed by atoms with Crippen LogP contribution in [0.25, 0.3) is 31.7 Å². The normalized spacial score (nSPS) is 17.3. The van der Waals surface area contributed by atoms with Crippen LogP contribution in [0.5, 0.6) is 17.2 Å². The van der Waals surface area contributed by atoms with E-state index in [1.807, 2.05) is 66.7 Å². The number of pyridine rings is 2. The fraction of sp³-hybridized carbons (Fsp3) is 0.237. The van der Waals surface area contributed by atoms with E-state index in [0.717, 1.165) is 93.6 Å². The molecule has 0 saturated carbocycles. The number of carbonyl (C=O) groups excluding carboxylic acids is 4. The van der Waals surface area contributed by atoms with E-state index in [1.54, 1.807) is 46.5 Å². The number of aromatic hydroxyl groups is 1. The molecule has 36 heteroatoms. The smallest absolute Gasteiger partial charge is 0.378 e. The van der Waals surface area contributed by atoms with Gasteiger partial charge in [-0.15, -0.1) is 30.6 Å². The van der Waals surface area contributed by atoms with Crippen LogP contribution in [0, 0.1) is 34.9 Å². The lowest BCUT2D eigenvalue weighted by atomic mass is 10.0. The van der Waals surface area contributed by atoms with Crippen molar-refractivity contribution in [3.05, 3.63) is 295 Å². The number of fused-ring (bicyclic) bond motifs is 6. The minimum Gasteiger partial charge on any atom is -0.503 e. The molecule has 2 unspecified atom stereocenters. The predicted molar refractivity (Wildman–Crippen MR) is 411 cm³/mol. The van der Waals surface area contributed by atoms with E-state index in [9.17, 15) is 65.0 Å². The monoisotopic (exact) mass is 1650 g/mol. The van der Waals surface area contributed by atoms with Gasteiger partial charge < -0.3 is 69.2 Å². The SMILES string of the molecule is CCOC(=O)c1occ(-c2nnc(Cc3ccc(F)cc3F)s2)c(=O)c1OCc1ccccc1.N[C@@H]1COC[C@@H]1N.O=C1N[C@H]2COCC2n2cc(-c3nnc(Cc4ccc(F)cc4F)s3)c(=O)c(O)c21.O=C1N[C@H]2COCC2n2cc(-c3nnc(Cc4ccc(F)cc4F)s3)c(=O)c(OCc3ccccc3)c21.O=Cc1ccccc1. The van der Waals surface area contributed by atoms with Gasteiger partial charge in [0.2, 0.25) is 22.0 Å². The molecule has 0 radical (unpaired) electrons. The molecule has 598 valence electrons. The van der Waals surface area contributed by atoms with Crippen LogP contribution in [-0.2, 0) is 51.4 Å². The van der Waals surface area contributed by atoms with Gasteiger partial charge >= 0.3 is 5.97 Å². The second-order valence-electron chi connectivity index (χ2n) is 26.3. The van der Waals surface area contributed by atoms with Gasteiger partial charge in [-0.05, 0) is 52.9 Å². The van der Waals surface area contributed by atoms with Crippen molar-refractivity contribution >= 4 is 58.1 Å². The van der Waals surface area contributed by atoms with Crippen molar-refractivity contribution in [2.45, 2.75) is 75.7 Å². The number of nitrogens with two attached hydrogens (primary N) is 2. The van der Waals surface area contributed by atoms with E-state index < -0.39 is 74.7 Å². The van der Waals surface area contributed by atoms with Crippen LogP contribution < -0.4 is 47.9 Å². The summed E-state index contributed by atoms with van der Waals surface area (Å²) in [5.74, 6) is -7.31. The zero-order valence-electron chi connectivity index (χ0n) is 61.0. The minimum absolute atomic E-state index is 0.0205. The highest BCUT2D eigenvalue weighted by Gasteiger charge is 2.42. The van der Waals surface area contributed by atoms with Gasteiger partial charge in [-0.2, -0.15) is 0 Å². The number of rotatable bonds is 18. The molecule has 2 amide bonds. The third-order valence-corrected chi connectivity index (χ3v) is 21.3. The molecule has 0 aliphatic carbocycles. The summed E-state index contributed by atoms with van der Waals surface area (Å²) in [6.07, 6.45) is 5.23. The number of esters is 1. The molecular weight excluding hydrogens is 1580 g/mol. The minimum atomic E-state index is -0.834. The molecule has 6 aromatic carbocycles. The number of hydrogen-bond donors (Lipinski definition) is 5. The number of ether oxygens (including phenoxy) is 6. The average molecular weight is 1650 g/mol. The number of hydrogen-bond acceptors (Lipinski definition) is 26. The predicted octanol–water partition coefficient (Wildman–Crippen LogP) is 10.1. The van der Waals surface area contributed by atoms with E-state index in [0.29, 0.717) is 59.7 Å². The Balaban J connectivity index is 0.000000139. The first-order valence-electron chi connectivity index (χ1n) is 35.7. The Hall–Kier alpha value is -12.3. The van der Waals surface area contributed by atoms with Gasteiger partial charge in [-0.25, -0.2) is 31.1 Å². The molecule has 116 heavy (non-hydrogen) atoms. The molecule has 11 heterocycles. The van der Waals surface area contributed by atoms with Crippen LogP contribution in [0.2, 0.25) is 0 Å². The van der Waals surface area contributed by atoms with E-state index in [1.165, 1.54) is 30.5 Å². The van der Waals surface area contributed by atoms with Gasteiger partial charge in [-0.3, -0.25) is 28.8 Å². The first-order chi connectivity index (χ1) is 56.1. The van der Waals surface area contributed by atoms with E-state index in [-0.39, 0.29) is 147 Å². The number of nitrogens with one attached hydrogen (secondary N) is 2. The van der Waals surface area contributed by atoms with Crippen molar-refractivity contribution in [2.24, 2.45) is 11.5 Å². The first-order valence-corrected chi connectivity index (χ1v) is 38.1. The van der Waals surface area contributed by atoms with Gasteiger partial charge in [-0.1, -0.05) is 143 Å². The molecule has 5 aliphatic rings. The van der Waals surface area contributed by atoms with E-state index in [2.05, 4.69) is 41.2 Å². The molecule has 17 rings (SSSR count). The lowest BCUT2D eigenvalue weighted by Crippen LogP contribution is -2.48. The summed E-state index contributed by atoms with van der Waals surface area (Å²) in [7, 11) is 0. The quantitative estimate of drug-likeness (QED) is 0.0303. The maximum absolute atomic E-state index is 14.2. The van der Waals surface area contributed by atoms with Gasteiger partial charge in [0.25, 0.3) is 17.6 Å². The molecule has 3 fully saturated rings. The summed E-state index contributed by atoms with van der Waals surface area (Å²) in [6, 6.07) is 36.5. The second-order valence-corrected chi connectivity index (χ2v) is 29.5. The Morgan fingerprint density at radius 1 is 0.526 bits per heavy atom. The molecule has 12 aromatic rings. The van der Waals surface area contributed by atoms with Crippen molar-refractivity contribution in [2.75, 3.05) is 46.2 Å². The van der Waals surface area contributed by atoms with Crippen molar-refractivity contribution in [1.29, 1.82) is 0 Å². The highest BCUT2D eigenvalue weighted by atomic mass is 32.1. The summed E-state index contributed by atoms with van der Waals surface area (Å²) in [5.41, 5.74) is 12.4. The summed E-state index contributed by atoms with van der Waals surface area (Å²) < 4.78 is 123. The number of aromatic nitrogens is 8. The largest absolute Gasteiger partial charge is 0.503 e. The van der Waals surface area contributed by atoms with Crippen LogP contribution in [0.4, 0.5) is 26.3 Å². The van der Waals surface area contributed by atoms with Gasteiger partial charge in [0.05, 0.1) is 87.1 Å². The van der Waals surface area contributed by atoms with Gasteiger partial charge in [0.1, 0.15) is 75.7 Å². The van der Waals surface area contributed by atoms with Crippen molar-refractivity contribution in [1.82, 2.24) is 50.4 Å². The zero-order chi connectivity index (χ0) is 81.7. The van der Waals surface area contributed by atoms with Crippen molar-refractivity contribution in [3.63, 3.8) is 0 Å². The summed E-state index contributed by atoms with van der Waals surface area (Å²) in [6.45, 7) is 4.47. The summed E-state index contributed by atoms with van der Waals surface area (Å²) >= 11 is 3.22. The van der Waals surface area contributed by atoms with Crippen LogP contribution in [0.1, 0.15) is 104 Å². The number of benzene rings is 6. The molecular formula is C80H68F6N12O15S3. The molecule has 0 bridgehead atoms. The molecule has 6 aromatic heterocycles. The topological polar surface area (TPSA) is 372 Å². The Bertz CT molecular complexity index is 5760. The van der Waals surface area contributed by atoms with Crippen LogP contribution in [-0.4, -0.2) is 139 Å². The summed E-state index contributed by atoms with van der Waals surface area (Å²) in [5, 5.41) is 42.4. The highest BCUT2D eigenvalue weighted by molar-refractivity contribution is 7.15. The maximum Gasteiger partial charge on any atom is 0.378 e. The van der Waals surface area contributed by atoms with Crippen LogP contribution in [0.15, 0.2) is 183 Å². The van der Waals surface area contributed by atoms with Gasteiger partial charge in [0.15, 0.2) is 37.9 Å². The lowest BCUT2D eigenvalue weighted by Gasteiger charge is -2.31. The fourth-order valence-corrected chi connectivity index (χ4v) is 15.1. The van der Waals surface area contributed by atoms with Crippen molar-refractivity contribution in [3.8, 4) is 49.0 Å². The Morgan fingerprint density at radius 2 is 0.931 bits per heavy atom. The first kappa shape index (κ1) is 81.7. The number of halogens is 6. The number of nitrogens with zero attached hydrogens (tertiary/aromatic N) is 8. The Morgan fingerprint density at radius 3 is 1.35 bits per heavy atom. The van der Waals surface area contributed by atoms with Crippen LogP contribution in [0.3, 0.4) is 0 Å². The molecule has 27 nitrogen and oxygen atoms in total. The second kappa shape index (κ2) is 37.3. The third kappa shape index (κ3) is 19.2. The molecule has 5 aliphatic heterocycles. The molecule has 6 atom stereocenters. The molecule has 0 spiro atoms. The molecule has 7 N–H and O–H groups in total. The lowest BCUT2D eigenvalue weighted by molar-refractivity contribution is 0.0477. The highest BCUT2D eigenvalue weighted by Crippen LogP contribution is 2.37. The Kier molecular flexibility index (Phi) is 26.3. The fourth-order valence-electron chi connectivity index (χ4n) is 12.4. The number of amides is 2.